The number of ether oxygens (including phenoxy) is 2. The van der Waals surface area contributed by atoms with E-state index in [0.29, 0.717) is 67.0 Å². The molecule has 2 fully saturated rings. The van der Waals surface area contributed by atoms with Crippen molar-refractivity contribution < 1.29 is 14.3 Å². The predicted octanol–water partition coefficient (Wildman–Crippen LogP) is 1.37. The number of fused-ring (bicyclic) bond motifs is 1. The van der Waals surface area contributed by atoms with E-state index in [-0.39, 0.29) is 5.60 Å². The van der Waals surface area contributed by atoms with E-state index < -0.39 is 5.91 Å². The van der Waals surface area contributed by atoms with Crippen molar-refractivity contribution in [1.29, 1.82) is 0 Å². The Hall–Kier alpha value is -3.30. The van der Waals surface area contributed by atoms with Gasteiger partial charge in [0.2, 0.25) is 11.9 Å². The molecule has 9 nitrogen and oxygen atoms in total. The molecule has 1 atom stereocenters. The van der Waals surface area contributed by atoms with Crippen LogP contribution in [0.3, 0.4) is 0 Å². The van der Waals surface area contributed by atoms with Crippen LogP contribution < -0.4 is 16.4 Å². The Kier molecular flexibility index (Phi) is 4.48. The van der Waals surface area contributed by atoms with Gasteiger partial charge in [0, 0.05) is 30.7 Å². The summed E-state index contributed by atoms with van der Waals surface area (Å²) in [4.78, 5) is 27.5. The van der Waals surface area contributed by atoms with Crippen molar-refractivity contribution in [1.82, 2.24) is 15.0 Å². The van der Waals surface area contributed by atoms with Crippen molar-refractivity contribution in [3.8, 4) is 11.3 Å². The third-order valence-corrected chi connectivity index (χ3v) is 5.62. The molecule has 0 radical (unpaired) electrons. The molecule has 1 aromatic carbocycles. The van der Waals surface area contributed by atoms with Crippen LogP contribution in [0.25, 0.3) is 22.3 Å². The number of carbonyl (C=O) groups is 1. The molecule has 154 valence electrons. The van der Waals surface area contributed by atoms with Crippen LogP contribution in [0.15, 0.2) is 36.4 Å². The average molecular weight is 406 g/mol. The molecule has 1 amide bonds. The first kappa shape index (κ1) is 18.7. The number of amides is 1. The quantitative estimate of drug-likeness (QED) is 0.667. The highest BCUT2D eigenvalue weighted by Crippen LogP contribution is 2.30. The molecule has 4 heterocycles. The van der Waals surface area contributed by atoms with Crippen molar-refractivity contribution in [2.24, 2.45) is 5.73 Å². The van der Waals surface area contributed by atoms with Crippen LogP contribution in [-0.4, -0.2) is 59.4 Å². The van der Waals surface area contributed by atoms with E-state index >= 15 is 0 Å². The second kappa shape index (κ2) is 7.19. The molecule has 2 aliphatic rings. The van der Waals surface area contributed by atoms with E-state index in [0.717, 1.165) is 12.0 Å². The highest BCUT2D eigenvalue weighted by Gasteiger charge is 2.41. The summed E-state index contributed by atoms with van der Waals surface area (Å²) in [6, 6.07) is 10.7. The van der Waals surface area contributed by atoms with E-state index in [1.165, 1.54) is 0 Å². The number of benzene rings is 1. The maximum atomic E-state index is 11.5. The largest absolute Gasteiger partial charge is 0.383 e. The fourth-order valence-corrected chi connectivity index (χ4v) is 4.00. The third kappa shape index (κ3) is 3.31. The van der Waals surface area contributed by atoms with Crippen LogP contribution in [0.1, 0.15) is 16.8 Å². The first-order chi connectivity index (χ1) is 14.5. The van der Waals surface area contributed by atoms with Gasteiger partial charge in [-0.05, 0) is 24.3 Å². The van der Waals surface area contributed by atoms with Crippen LogP contribution in [0, 0.1) is 0 Å². The van der Waals surface area contributed by atoms with Crippen molar-refractivity contribution in [2.75, 3.05) is 43.5 Å². The Labute approximate surface area is 173 Å². The lowest BCUT2D eigenvalue weighted by Crippen LogP contribution is -2.53. The van der Waals surface area contributed by atoms with Gasteiger partial charge in [0.25, 0.3) is 0 Å². The van der Waals surface area contributed by atoms with Gasteiger partial charge < -0.3 is 25.8 Å². The summed E-state index contributed by atoms with van der Waals surface area (Å²) in [6.45, 7) is 3.18. The minimum atomic E-state index is -0.483. The zero-order chi connectivity index (χ0) is 20.7. The SMILES string of the molecule is NC(=O)c1cccc(-c2ccc3c(N)nc(N4CCO[C@]5(CCOC5)C4)nc3n2)c1. The molecule has 2 aliphatic heterocycles. The Bertz CT molecular complexity index is 1130. The predicted molar refractivity (Wildman–Crippen MR) is 112 cm³/mol. The van der Waals surface area contributed by atoms with Crippen LogP contribution in [0.5, 0.6) is 0 Å². The average Bonchev–Trinajstić information content (AvgIpc) is 3.20. The maximum Gasteiger partial charge on any atom is 0.248 e. The first-order valence-electron chi connectivity index (χ1n) is 9.84. The zero-order valence-corrected chi connectivity index (χ0v) is 16.4. The van der Waals surface area contributed by atoms with Crippen molar-refractivity contribution in [2.45, 2.75) is 12.0 Å². The molecular formula is C21H22N6O3. The minimum absolute atomic E-state index is 0.310. The van der Waals surface area contributed by atoms with Gasteiger partial charge in [0.1, 0.15) is 11.4 Å². The minimum Gasteiger partial charge on any atom is -0.383 e. The van der Waals surface area contributed by atoms with Gasteiger partial charge in [0.15, 0.2) is 5.65 Å². The van der Waals surface area contributed by atoms with E-state index in [9.17, 15) is 4.79 Å². The molecule has 2 saturated heterocycles. The van der Waals surface area contributed by atoms with Gasteiger partial charge in [0.05, 0.1) is 30.8 Å². The summed E-state index contributed by atoms with van der Waals surface area (Å²) in [6.07, 6.45) is 0.852. The Morgan fingerprint density at radius 2 is 2.03 bits per heavy atom. The van der Waals surface area contributed by atoms with Gasteiger partial charge in [-0.2, -0.15) is 9.97 Å². The Morgan fingerprint density at radius 1 is 1.13 bits per heavy atom. The number of carbonyl (C=O) groups excluding carboxylic acids is 1. The fraction of sp³-hybridized carbons (Fsp3) is 0.333. The summed E-state index contributed by atoms with van der Waals surface area (Å²) in [5, 5.41) is 0.681. The standard InChI is InChI=1S/C21H22N6O3/c22-17-15-4-5-16(13-2-1-3-14(10-13)18(23)28)24-19(15)26-20(25-17)27-7-9-30-21(11-27)6-8-29-12-21/h1-5,10H,6-9,11-12H2,(H2,23,28)(H2,22,24,25,26)/t21-/m1/s1. The third-order valence-electron chi connectivity index (χ3n) is 5.62. The van der Waals surface area contributed by atoms with Gasteiger partial charge >= 0.3 is 0 Å². The fourth-order valence-electron chi connectivity index (χ4n) is 4.00. The van der Waals surface area contributed by atoms with Gasteiger partial charge in [-0.3, -0.25) is 4.79 Å². The topological polar surface area (TPSA) is 129 Å². The Morgan fingerprint density at radius 3 is 2.83 bits per heavy atom. The lowest BCUT2D eigenvalue weighted by Gasteiger charge is -2.39. The second-order valence-corrected chi connectivity index (χ2v) is 7.68. The van der Waals surface area contributed by atoms with E-state index in [4.69, 9.17) is 25.9 Å². The van der Waals surface area contributed by atoms with Crippen LogP contribution in [-0.2, 0) is 9.47 Å². The lowest BCUT2D eigenvalue weighted by atomic mass is 10.0. The number of nitrogen functional groups attached to an aromatic ring is 1. The molecule has 5 rings (SSSR count). The van der Waals surface area contributed by atoms with Gasteiger partial charge in [-0.15, -0.1) is 0 Å². The van der Waals surface area contributed by atoms with Crippen LogP contribution in [0.4, 0.5) is 11.8 Å². The molecule has 9 heteroatoms. The lowest BCUT2D eigenvalue weighted by molar-refractivity contribution is -0.0583. The zero-order valence-electron chi connectivity index (χ0n) is 16.4. The molecular weight excluding hydrogens is 384 g/mol. The number of morpholine rings is 1. The van der Waals surface area contributed by atoms with Crippen molar-refractivity contribution in [3.05, 3.63) is 42.0 Å². The molecule has 2 aromatic heterocycles. The highest BCUT2D eigenvalue weighted by atomic mass is 16.6. The van der Waals surface area contributed by atoms with Crippen LogP contribution in [0.2, 0.25) is 0 Å². The number of rotatable bonds is 3. The molecule has 1 spiro atoms. The monoisotopic (exact) mass is 406 g/mol. The number of nitrogens with two attached hydrogens (primary N) is 2. The van der Waals surface area contributed by atoms with Crippen molar-refractivity contribution >= 4 is 28.7 Å². The number of pyridine rings is 1. The number of primary amides is 1. The molecule has 0 unspecified atom stereocenters. The molecule has 0 bridgehead atoms. The number of nitrogens with zero attached hydrogens (tertiary/aromatic N) is 4. The molecule has 0 aliphatic carbocycles. The molecule has 0 saturated carbocycles. The number of aromatic nitrogens is 3. The summed E-state index contributed by atoms with van der Waals surface area (Å²) >= 11 is 0. The molecule has 4 N–H and O–H groups in total. The second-order valence-electron chi connectivity index (χ2n) is 7.68. The van der Waals surface area contributed by atoms with Gasteiger partial charge in [-0.1, -0.05) is 12.1 Å². The first-order valence-corrected chi connectivity index (χ1v) is 9.84. The molecule has 30 heavy (non-hydrogen) atoms. The maximum absolute atomic E-state index is 11.5. The summed E-state index contributed by atoms with van der Waals surface area (Å²) in [5.74, 6) is 0.428. The summed E-state index contributed by atoms with van der Waals surface area (Å²) < 4.78 is 11.5. The van der Waals surface area contributed by atoms with Gasteiger partial charge in [-0.25, -0.2) is 4.98 Å². The number of hydrogen-bond donors (Lipinski definition) is 2. The molecule has 3 aromatic rings. The highest BCUT2D eigenvalue weighted by molar-refractivity contribution is 5.94. The summed E-state index contributed by atoms with van der Waals surface area (Å²) in [7, 11) is 0. The number of anilines is 2. The Balaban J connectivity index is 1.52. The summed E-state index contributed by atoms with van der Waals surface area (Å²) in [5.41, 5.74) is 13.7. The van der Waals surface area contributed by atoms with E-state index in [1.807, 2.05) is 18.2 Å². The number of hydrogen-bond acceptors (Lipinski definition) is 8. The van der Waals surface area contributed by atoms with E-state index in [1.54, 1.807) is 18.2 Å². The van der Waals surface area contributed by atoms with Crippen molar-refractivity contribution in [3.63, 3.8) is 0 Å². The normalized spacial score (nSPS) is 21.4. The van der Waals surface area contributed by atoms with E-state index in [2.05, 4.69) is 14.9 Å². The van der Waals surface area contributed by atoms with Crippen LogP contribution >= 0.6 is 0 Å². The smallest absolute Gasteiger partial charge is 0.248 e.